The van der Waals surface area contributed by atoms with E-state index in [1.807, 2.05) is 39.0 Å². The van der Waals surface area contributed by atoms with Crippen LogP contribution >= 0.6 is 11.8 Å². The number of anilines is 1. The lowest BCUT2D eigenvalue weighted by molar-refractivity contribution is -0.143. The molecule has 2 aromatic rings. The van der Waals surface area contributed by atoms with Gasteiger partial charge in [0.05, 0.1) is 25.4 Å². The summed E-state index contributed by atoms with van der Waals surface area (Å²) in [6, 6.07) is 5.23. The summed E-state index contributed by atoms with van der Waals surface area (Å²) in [5.74, 6) is 2.96. The average Bonchev–Trinajstić information content (AvgIpc) is 3.18. The van der Waals surface area contributed by atoms with E-state index in [0.717, 1.165) is 24.2 Å². The molecular weight excluding hydrogens is 452 g/mol. The first kappa shape index (κ1) is 25.9. The number of hydrogen-bond acceptors (Lipinski definition) is 8. The number of benzene rings is 1. The van der Waals surface area contributed by atoms with Crippen LogP contribution in [0.2, 0.25) is 0 Å². The van der Waals surface area contributed by atoms with Gasteiger partial charge in [0.1, 0.15) is 6.04 Å². The molecule has 0 saturated carbocycles. The Labute approximate surface area is 206 Å². The minimum Gasteiger partial charge on any atom is -0.493 e. The van der Waals surface area contributed by atoms with E-state index in [-0.39, 0.29) is 12.1 Å². The van der Waals surface area contributed by atoms with Crippen LogP contribution in [0.3, 0.4) is 0 Å². The zero-order chi connectivity index (χ0) is 24.8. The van der Waals surface area contributed by atoms with Gasteiger partial charge in [-0.2, -0.15) is 4.98 Å². The highest BCUT2D eigenvalue weighted by atomic mass is 32.2. The molecule has 0 radical (unpaired) electrons. The quantitative estimate of drug-likeness (QED) is 0.330. The van der Waals surface area contributed by atoms with Gasteiger partial charge in [0, 0.05) is 11.4 Å². The number of nitrogens with zero attached hydrogens (tertiary/aromatic N) is 3. The Kier molecular flexibility index (Phi) is 8.88. The predicted molar refractivity (Wildman–Crippen MR) is 135 cm³/mol. The number of methoxy groups -OCH3 is 1. The van der Waals surface area contributed by atoms with Crippen LogP contribution in [-0.2, 0) is 9.53 Å². The molecule has 2 heterocycles. The lowest BCUT2D eigenvalue weighted by Crippen LogP contribution is -2.30. The third-order valence-corrected chi connectivity index (χ3v) is 6.33. The second kappa shape index (κ2) is 11.6. The van der Waals surface area contributed by atoms with Crippen molar-refractivity contribution < 1.29 is 19.0 Å². The van der Waals surface area contributed by atoms with Gasteiger partial charge in [0.15, 0.2) is 11.5 Å². The van der Waals surface area contributed by atoms with Crippen molar-refractivity contribution in [3.05, 3.63) is 35.0 Å². The standard InChI is InChI=1S/C25H36N4O4S/c1-8-13-34-25-27-24-26-17(6)21(23(30)33-16(4)5)22(29(24)28-25)18-9-10-19(20(14-18)31-7)32-12-11-15(2)3/h9-10,14-16,22H,8,11-13H2,1-7H3,(H,26,27,28). The fraction of sp³-hybridized carbons (Fsp3) is 0.560. The average molecular weight is 489 g/mol. The highest BCUT2D eigenvalue weighted by molar-refractivity contribution is 7.99. The highest BCUT2D eigenvalue weighted by Gasteiger charge is 2.36. The van der Waals surface area contributed by atoms with Gasteiger partial charge in [-0.15, -0.1) is 5.10 Å². The molecular formula is C25H36N4O4S. The molecule has 1 aromatic heterocycles. The van der Waals surface area contributed by atoms with Crippen LogP contribution in [0.1, 0.15) is 66.0 Å². The number of allylic oxidation sites excluding steroid dienone is 1. The van der Waals surface area contributed by atoms with E-state index >= 15 is 0 Å². The summed E-state index contributed by atoms with van der Waals surface area (Å²) >= 11 is 1.59. The minimum atomic E-state index is -0.510. The Morgan fingerprint density at radius 3 is 2.65 bits per heavy atom. The first-order chi connectivity index (χ1) is 16.2. The van der Waals surface area contributed by atoms with Gasteiger partial charge in [-0.25, -0.2) is 9.48 Å². The molecule has 3 rings (SSSR count). The third-order valence-electron chi connectivity index (χ3n) is 5.29. The molecule has 1 aromatic carbocycles. The lowest BCUT2D eigenvalue weighted by Gasteiger charge is -2.29. The van der Waals surface area contributed by atoms with Crippen molar-refractivity contribution in [2.24, 2.45) is 5.92 Å². The summed E-state index contributed by atoms with van der Waals surface area (Å²) < 4.78 is 19.0. The van der Waals surface area contributed by atoms with E-state index in [4.69, 9.17) is 19.3 Å². The lowest BCUT2D eigenvalue weighted by atomic mass is 9.95. The summed E-state index contributed by atoms with van der Waals surface area (Å²) in [7, 11) is 1.62. The SMILES string of the molecule is CCCSc1nc2n(n1)C(c1ccc(OCCC(C)C)c(OC)c1)C(C(=O)OC(C)C)=C(C)N2. The number of nitrogens with one attached hydrogen (secondary N) is 1. The molecule has 0 aliphatic carbocycles. The first-order valence-corrected chi connectivity index (χ1v) is 12.8. The molecule has 8 nitrogen and oxygen atoms in total. The molecule has 1 unspecified atom stereocenters. The van der Waals surface area contributed by atoms with Gasteiger partial charge >= 0.3 is 5.97 Å². The maximum absolute atomic E-state index is 13.2. The summed E-state index contributed by atoms with van der Waals surface area (Å²) in [5, 5.41) is 8.64. The van der Waals surface area contributed by atoms with Crippen LogP contribution < -0.4 is 14.8 Å². The normalized spacial score (nSPS) is 15.4. The number of aromatic nitrogens is 3. The number of carbonyl (C=O) groups is 1. The predicted octanol–water partition coefficient (Wildman–Crippen LogP) is 5.45. The maximum atomic E-state index is 13.2. The van der Waals surface area contributed by atoms with Crippen LogP contribution in [0.15, 0.2) is 34.6 Å². The molecule has 1 aliphatic rings. The summed E-state index contributed by atoms with van der Waals surface area (Å²) in [4.78, 5) is 17.8. The number of esters is 1. The van der Waals surface area contributed by atoms with Gasteiger partial charge in [-0.05, 0) is 57.2 Å². The number of fused-ring (bicyclic) bond motifs is 1. The number of hydrogen-bond donors (Lipinski definition) is 1. The second-order valence-electron chi connectivity index (χ2n) is 8.97. The van der Waals surface area contributed by atoms with E-state index in [2.05, 4.69) is 31.1 Å². The van der Waals surface area contributed by atoms with E-state index in [1.165, 1.54) is 0 Å². The Morgan fingerprint density at radius 2 is 2.00 bits per heavy atom. The molecule has 34 heavy (non-hydrogen) atoms. The molecule has 0 saturated heterocycles. The zero-order valence-electron chi connectivity index (χ0n) is 21.2. The Bertz CT molecular complexity index is 1030. The monoisotopic (exact) mass is 488 g/mol. The number of thioether (sulfide) groups is 1. The van der Waals surface area contributed by atoms with Crippen molar-refractivity contribution in [2.75, 3.05) is 24.8 Å². The number of rotatable bonds is 11. The molecule has 1 aliphatic heterocycles. The van der Waals surface area contributed by atoms with Crippen molar-refractivity contribution in [2.45, 2.75) is 71.7 Å². The summed E-state index contributed by atoms with van der Waals surface area (Å²) in [6.07, 6.45) is 1.73. The molecule has 1 N–H and O–H groups in total. The van der Waals surface area contributed by atoms with Gasteiger partial charge in [-0.3, -0.25) is 0 Å². The van der Waals surface area contributed by atoms with Crippen molar-refractivity contribution in [3.8, 4) is 11.5 Å². The maximum Gasteiger partial charge on any atom is 0.338 e. The van der Waals surface area contributed by atoms with Gasteiger partial charge in [0.2, 0.25) is 11.1 Å². The van der Waals surface area contributed by atoms with E-state index in [0.29, 0.717) is 46.4 Å². The number of carbonyl (C=O) groups excluding carboxylic acids is 1. The van der Waals surface area contributed by atoms with Crippen molar-refractivity contribution >= 4 is 23.7 Å². The molecule has 0 amide bonds. The van der Waals surface area contributed by atoms with Gasteiger partial charge in [-0.1, -0.05) is 38.6 Å². The largest absolute Gasteiger partial charge is 0.493 e. The van der Waals surface area contributed by atoms with Crippen molar-refractivity contribution in [1.29, 1.82) is 0 Å². The van der Waals surface area contributed by atoms with Crippen LogP contribution in [0.4, 0.5) is 5.95 Å². The van der Waals surface area contributed by atoms with Crippen LogP contribution in [0, 0.1) is 5.92 Å². The Balaban J connectivity index is 2.04. The van der Waals surface area contributed by atoms with Crippen molar-refractivity contribution in [3.63, 3.8) is 0 Å². The topological polar surface area (TPSA) is 87.5 Å². The Hall–Kier alpha value is -2.68. The minimum absolute atomic E-state index is 0.243. The zero-order valence-corrected chi connectivity index (χ0v) is 22.0. The first-order valence-electron chi connectivity index (χ1n) is 11.8. The van der Waals surface area contributed by atoms with Crippen molar-refractivity contribution in [1.82, 2.24) is 14.8 Å². The molecule has 0 fully saturated rings. The Morgan fingerprint density at radius 1 is 1.24 bits per heavy atom. The van der Waals surface area contributed by atoms with E-state index < -0.39 is 6.04 Å². The highest BCUT2D eigenvalue weighted by Crippen LogP contribution is 2.40. The second-order valence-corrected chi connectivity index (χ2v) is 10.0. The summed E-state index contributed by atoms with van der Waals surface area (Å²) in [5.41, 5.74) is 2.02. The third kappa shape index (κ3) is 6.05. The molecule has 186 valence electrons. The fourth-order valence-corrected chi connectivity index (χ4v) is 4.30. The fourth-order valence-electron chi connectivity index (χ4n) is 3.61. The van der Waals surface area contributed by atoms with Crippen LogP contribution in [0.5, 0.6) is 11.5 Å². The summed E-state index contributed by atoms with van der Waals surface area (Å²) in [6.45, 7) is 12.6. The smallest absolute Gasteiger partial charge is 0.338 e. The van der Waals surface area contributed by atoms with Gasteiger partial charge < -0.3 is 19.5 Å². The van der Waals surface area contributed by atoms with E-state index in [1.54, 1.807) is 23.6 Å². The number of ether oxygens (including phenoxy) is 3. The van der Waals surface area contributed by atoms with E-state index in [9.17, 15) is 4.79 Å². The van der Waals surface area contributed by atoms with Gasteiger partial charge in [0.25, 0.3) is 0 Å². The van der Waals surface area contributed by atoms with Crippen LogP contribution in [-0.4, -0.2) is 46.3 Å². The molecule has 1 atom stereocenters. The van der Waals surface area contributed by atoms with Crippen LogP contribution in [0.25, 0.3) is 0 Å². The molecule has 0 bridgehead atoms. The molecule has 0 spiro atoms. The molecule has 9 heteroatoms.